The zero-order valence-electron chi connectivity index (χ0n) is 13.4. The molecule has 0 saturated carbocycles. The van der Waals surface area contributed by atoms with Gasteiger partial charge in [0.05, 0.1) is 6.54 Å². The Morgan fingerprint density at radius 3 is 2.95 bits per heavy atom. The van der Waals surface area contributed by atoms with Crippen molar-refractivity contribution >= 4 is 23.2 Å². The lowest BCUT2D eigenvalue weighted by atomic mass is 10.1. The molecule has 0 bridgehead atoms. The zero-order valence-corrected chi connectivity index (χ0v) is 14.2. The maximum absolute atomic E-state index is 12.4. The Hall–Kier alpha value is -1.40. The predicted molar refractivity (Wildman–Crippen MR) is 88.9 cm³/mol. The first-order valence-corrected chi connectivity index (χ1v) is 8.84. The van der Waals surface area contributed by atoms with Crippen LogP contribution in [0.25, 0.3) is 0 Å². The summed E-state index contributed by atoms with van der Waals surface area (Å²) in [6, 6.07) is 2.12. The largest absolute Gasteiger partial charge is 0.355 e. The van der Waals surface area contributed by atoms with Gasteiger partial charge in [0.25, 0.3) is 0 Å². The van der Waals surface area contributed by atoms with Crippen LogP contribution in [0.2, 0.25) is 0 Å². The van der Waals surface area contributed by atoms with Gasteiger partial charge in [-0.3, -0.25) is 14.5 Å². The molecule has 0 radical (unpaired) electrons. The van der Waals surface area contributed by atoms with Gasteiger partial charge in [0.15, 0.2) is 0 Å². The molecule has 122 valence electrons. The number of hydrogen-bond donors (Lipinski definition) is 1. The molecule has 6 heteroatoms. The number of rotatable bonds is 7. The lowest BCUT2D eigenvalue weighted by Gasteiger charge is -2.28. The quantitative estimate of drug-likeness (QED) is 0.827. The van der Waals surface area contributed by atoms with Gasteiger partial charge >= 0.3 is 0 Å². The molecule has 0 atom stereocenters. The number of carbonyl (C=O) groups is 2. The van der Waals surface area contributed by atoms with Crippen molar-refractivity contribution in [3.05, 3.63) is 21.9 Å². The molecule has 0 saturated heterocycles. The molecular weight excluding hydrogens is 298 g/mol. The van der Waals surface area contributed by atoms with Crippen molar-refractivity contribution < 1.29 is 9.59 Å². The normalized spacial score (nSPS) is 14.0. The Balaban J connectivity index is 1.78. The first kappa shape index (κ1) is 17.0. The highest BCUT2D eigenvalue weighted by molar-refractivity contribution is 7.10. The minimum absolute atomic E-state index is 0.0256. The highest BCUT2D eigenvalue weighted by Gasteiger charge is 2.21. The molecule has 0 aromatic carbocycles. The van der Waals surface area contributed by atoms with Crippen molar-refractivity contribution in [2.75, 3.05) is 32.7 Å². The summed E-state index contributed by atoms with van der Waals surface area (Å²) in [5, 5.41) is 4.90. The predicted octanol–water partition coefficient (Wildman–Crippen LogP) is 1.48. The van der Waals surface area contributed by atoms with Gasteiger partial charge in [-0.15, -0.1) is 11.3 Å². The van der Waals surface area contributed by atoms with Gasteiger partial charge in [0.2, 0.25) is 11.8 Å². The second-order valence-electron chi connectivity index (χ2n) is 5.51. The average Bonchev–Trinajstić information content (AvgIpc) is 2.98. The van der Waals surface area contributed by atoms with Crippen LogP contribution < -0.4 is 5.32 Å². The van der Waals surface area contributed by atoms with Crippen molar-refractivity contribution in [2.24, 2.45) is 0 Å². The van der Waals surface area contributed by atoms with Crippen molar-refractivity contribution in [2.45, 2.75) is 33.2 Å². The third-order valence-corrected chi connectivity index (χ3v) is 5.01. The molecule has 1 aromatic heterocycles. The number of fused-ring (bicyclic) bond motifs is 1. The van der Waals surface area contributed by atoms with Crippen LogP contribution in [0.3, 0.4) is 0 Å². The van der Waals surface area contributed by atoms with Gasteiger partial charge in [0.1, 0.15) is 0 Å². The maximum atomic E-state index is 12.4. The van der Waals surface area contributed by atoms with Crippen LogP contribution in [0.4, 0.5) is 0 Å². The number of hydrogen-bond acceptors (Lipinski definition) is 4. The molecule has 2 heterocycles. The van der Waals surface area contributed by atoms with E-state index in [4.69, 9.17) is 0 Å². The van der Waals surface area contributed by atoms with E-state index in [2.05, 4.69) is 16.8 Å². The lowest BCUT2D eigenvalue weighted by Crippen LogP contribution is -2.40. The third kappa shape index (κ3) is 4.55. The number of amides is 2. The number of nitrogens with one attached hydrogen (secondary N) is 1. The van der Waals surface area contributed by atoms with Crippen LogP contribution in [0, 0.1) is 0 Å². The van der Waals surface area contributed by atoms with E-state index in [-0.39, 0.29) is 11.8 Å². The molecule has 1 aromatic rings. The highest BCUT2D eigenvalue weighted by Crippen LogP contribution is 2.24. The summed E-state index contributed by atoms with van der Waals surface area (Å²) in [7, 11) is 0. The van der Waals surface area contributed by atoms with Gasteiger partial charge in [0, 0.05) is 37.5 Å². The Labute approximate surface area is 136 Å². The fourth-order valence-electron chi connectivity index (χ4n) is 2.68. The summed E-state index contributed by atoms with van der Waals surface area (Å²) in [6.45, 7) is 7.90. The maximum Gasteiger partial charge on any atom is 0.234 e. The van der Waals surface area contributed by atoms with Crippen LogP contribution in [-0.4, -0.2) is 54.3 Å². The van der Waals surface area contributed by atoms with Crippen LogP contribution >= 0.6 is 11.3 Å². The third-order valence-electron chi connectivity index (χ3n) is 3.99. The van der Waals surface area contributed by atoms with Gasteiger partial charge in [-0.05, 0) is 36.9 Å². The zero-order chi connectivity index (χ0) is 15.9. The van der Waals surface area contributed by atoms with Crippen molar-refractivity contribution in [1.29, 1.82) is 0 Å². The van der Waals surface area contributed by atoms with E-state index in [9.17, 15) is 9.59 Å². The van der Waals surface area contributed by atoms with E-state index >= 15 is 0 Å². The molecule has 1 N–H and O–H groups in total. The molecule has 2 rings (SSSR count). The number of likely N-dealkylation sites (N-methyl/N-ethyl adjacent to an activating group) is 2. The first-order chi connectivity index (χ1) is 10.6. The molecule has 2 amide bonds. The second kappa shape index (κ2) is 8.29. The van der Waals surface area contributed by atoms with Crippen LogP contribution in [-0.2, 0) is 22.6 Å². The number of carbonyl (C=O) groups excluding carboxylic acids is 2. The van der Waals surface area contributed by atoms with Gasteiger partial charge in [-0.25, -0.2) is 0 Å². The van der Waals surface area contributed by atoms with Crippen LogP contribution in [0.15, 0.2) is 11.4 Å². The second-order valence-corrected chi connectivity index (χ2v) is 6.51. The smallest absolute Gasteiger partial charge is 0.234 e. The summed E-state index contributed by atoms with van der Waals surface area (Å²) in [5.41, 5.74) is 1.29. The first-order valence-electron chi connectivity index (χ1n) is 7.96. The molecular formula is C16H25N3O2S. The molecule has 5 nitrogen and oxygen atoms in total. The Morgan fingerprint density at radius 1 is 1.41 bits per heavy atom. The highest BCUT2D eigenvalue weighted by atomic mass is 32.1. The van der Waals surface area contributed by atoms with E-state index in [1.165, 1.54) is 10.4 Å². The number of nitrogens with zero attached hydrogens (tertiary/aromatic N) is 2. The Morgan fingerprint density at radius 2 is 2.23 bits per heavy atom. The van der Waals surface area contributed by atoms with Gasteiger partial charge in [-0.2, -0.15) is 0 Å². The fourth-order valence-corrected chi connectivity index (χ4v) is 3.57. The summed E-state index contributed by atoms with van der Waals surface area (Å²) < 4.78 is 0. The monoisotopic (exact) mass is 323 g/mol. The Bertz CT molecular complexity index is 515. The molecule has 0 unspecified atom stereocenters. The molecule has 1 aliphatic heterocycles. The molecule has 0 fully saturated rings. The Kier molecular flexibility index (Phi) is 6.39. The lowest BCUT2D eigenvalue weighted by molar-refractivity contribution is -0.133. The summed E-state index contributed by atoms with van der Waals surface area (Å²) >= 11 is 1.78. The van der Waals surface area contributed by atoms with Crippen LogP contribution in [0.5, 0.6) is 0 Å². The van der Waals surface area contributed by atoms with E-state index in [1.54, 1.807) is 11.3 Å². The minimum atomic E-state index is 0.0256. The fraction of sp³-hybridized carbons (Fsp3) is 0.625. The topological polar surface area (TPSA) is 52.7 Å². The van der Waals surface area contributed by atoms with E-state index in [0.717, 1.165) is 26.1 Å². The van der Waals surface area contributed by atoms with Gasteiger partial charge < -0.3 is 10.2 Å². The standard InChI is InChI=1S/C16H25N3O2S/c1-3-17-15(20)12-18(4-2)8-6-16(21)19-9-5-14-13(11-19)7-10-22-14/h7,10H,3-6,8-9,11-12H2,1-2H3,(H,17,20). The van der Waals surface area contributed by atoms with E-state index in [0.29, 0.717) is 26.1 Å². The van der Waals surface area contributed by atoms with Crippen molar-refractivity contribution in [1.82, 2.24) is 15.1 Å². The van der Waals surface area contributed by atoms with Gasteiger partial charge in [-0.1, -0.05) is 6.92 Å². The van der Waals surface area contributed by atoms with E-state index < -0.39 is 0 Å². The summed E-state index contributed by atoms with van der Waals surface area (Å²) in [6.07, 6.45) is 1.45. The van der Waals surface area contributed by atoms with Crippen molar-refractivity contribution in [3.8, 4) is 0 Å². The molecule has 0 spiro atoms. The minimum Gasteiger partial charge on any atom is -0.355 e. The average molecular weight is 323 g/mol. The van der Waals surface area contributed by atoms with E-state index in [1.807, 2.05) is 23.6 Å². The number of thiophene rings is 1. The SMILES string of the molecule is CCNC(=O)CN(CC)CCC(=O)N1CCc2sccc2C1. The summed E-state index contributed by atoms with van der Waals surface area (Å²) in [5.74, 6) is 0.212. The van der Waals surface area contributed by atoms with Crippen LogP contribution in [0.1, 0.15) is 30.7 Å². The molecule has 0 aliphatic carbocycles. The molecule has 1 aliphatic rings. The molecule has 22 heavy (non-hydrogen) atoms. The summed E-state index contributed by atoms with van der Waals surface area (Å²) in [4.78, 5) is 29.4. The van der Waals surface area contributed by atoms with Crippen molar-refractivity contribution in [3.63, 3.8) is 0 Å².